The molecule has 0 radical (unpaired) electrons. The number of hydrogen-bond acceptors (Lipinski definition) is 8. The Kier molecular flexibility index (Phi) is 4.29. The first-order chi connectivity index (χ1) is 12.0. The Morgan fingerprint density at radius 1 is 1.24 bits per heavy atom. The van der Waals surface area contributed by atoms with Crippen molar-refractivity contribution >= 4 is 11.7 Å². The van der Waals surface area contributed by atoms with Crippen LogP contribution < -0.4 is 0 Å². The summed E-state index contributed by atoms with van der Waals surface area (Å²) in [5.41, 5.74) is 0.803. The van der Waals surface area contributed by atoms with E-state index in [1.807, 2.05) is 0 Å². The number of carbonyl (C=O) groups excluding carboxylic acids is 1. The lowest BCUT2D eigenvalue weighted by atomic mass is 10.2. The number of carbonyl (C=O) groups is 1. The van der Waals surface area contributed by atoms with Crippen LogP contribution in [0.3, 0.4) is 0 Å². The molecule has 1 aromatic carbocycles. The van der Waals surface area contributed by atoms with Gasteiger partial charge in [-0.05, 0) is 32.0 Å². The number of benzene rings is 1. The highest BCUT2D eigenvalue weighted by Gasteiger charge is 2.22. The molecule has 2 aromatic heterocycles. The van der Waals surface area contributed by atoms with Crippen molar-refractivity contribution in [1.82, 2.24) is 10.2 Å². The highest BCUT2D eigenvalue weighted by molar-refractivity contribution is 5.90. The summed E-state index contributed by atoms with van der Waals surface area (Å²) in [6, 6.07) is 7.19. The van der Waals surface area contributed by atoms with E-state index >= 15 is 0 Å². The summed E-state index contributed by atoms with van der Waals surface area (Å²) in [5.74, 6) is 0.179. The van der Waals surface area contributed by atoms with Gasteiger partial charge >= 0.3 is 5.97 Å². The van der Waals surface area contributed by atoms with E-state index < -0.39 is 17.0 Å². The summed E-state index contributed by atoms with van der Waals surface area (Å²) >= 11 is 0. The van der Waals surface area contributed by atoms with E-state index in [1.165, 1.54) is 36.6 Å². The standard InChI is InChI=1S/C16H13N3O6/c1-9-13(7-8-23-9)16(20)24-10(2)14-17-18-15(25-14)11-3-5-12(6-4-11)19(21)22/h3-8,10H,1-2H3. The first kappa shape index (κ1) is 16.4. The molecule has 0 aliphatic heterocycles. The number of rotatable bonds is 5. The SMILES string of the molecule is Cc1occc1C(=O)OC(C)c1nnc(-c2ccc([N+](=O)[O-])cc2)o1. The molecule has 9 heteroatoms. The summed E-state index contributed by atoms with van der Waals surface area (Å²) in [6.07, 6.45) is 0.636. The molecule has 3 aromatic rings. The number of non-ortho nitro benzene ring substituents is 1. The second kappa shape index (κ2) is 6.56. The first-order valence-corrected chi connectivity index (χ1v) is 7.29. The minimum atomic E-state index is -0.763. The lowest BCUT2D eigenvalue weighted by molar-refractivity contribution is -0.384. The van der Waals surface area contributed by atoms with Crippen LogP contribution in [0.15, 0.2) is 45.4 Å². The van der Waals surface area contributed by atoms with Crippen molar-refractivity contribution in [2.75, 3.05) is 0 Å². The van der Waals surface area contributed by atoms with Gasteiger partial charge in [-0.1, -0.05) is 0 Å². The molecule has 9 nitrogen and oxygen atoms in total. The molecular weight excluding hydrogens is 330 g/mol. The topological polar surface area (TPSA) is 122 Å². The number of nitro benzene ring substituents is 1. The summed E-state index contributed by atoms with van der Waals surface area (Å²) in [6.45, 7) is 3.25. The van der Waals surface area contributed by atoms with Gasteiger partial charge in [0.05, 0.1) is 11.2 Å². The van der Waals surface area contributed by atoms with Crippen LogP contribution in [0.25, 0.3) is 11.5 Å². The highest BCUT2D eigenvalue weighted by Crippen LogP contribution is 2.25. The van der Waals surface area contributed by atoms with Gasteiger partial charge in [-0.3, -0.25) is 10.1 Å². The second-order valence-electron chi connectivity index (χ2n) is 5.19. The van der Waals surface area contributed by atoms with Gasteiger partial charge in [0.2, 0.25) is 5.89 Å². The minimum Gasteiger partial charge on any atom is -0.469 e. The molecule has 0 spiro atoms. The van der Waals surface area contributed by atoms with E-state index in [1.54, 1.807) is 13.8 Å². The van der Waals surface area contributed by atoms with Gasteiger partial charge in [-0.25, -0.2) is 4.79 Å². The summed E-state index contributed by atoms with van der Waals surface area (Å²) in [4.78, 5) is 22.2. The van der Waals surface area contributed by atoms with Crippen molar-refractivity contribution in [3.8, 4) is 11.5 Å². The third-order valence-corrected chi connectivity index (χ3v) is 3.48. The summed E-state index contributed by atoms with van der Waals surface area (Å²) < 4.78 is 15.8. The Morgan fingerprint density at radius 2 is 1.96 bits per heavy atom. The first-order valence-electron chi connectivity index (χ1n) is 7.29. The van der Waals surface area contributed by atoms with Gasteiger partial charge in [0, 0.05) is 17.7 Å². The number of furan rings is 1. The quantitative estimate of drug-likeness (QED) is 0.392. The van der Waals surface area contributed by atoms with Gasteiger partial charge < -0.3 is 13.6 Å². The minimum absolute atomic E-state index is 0.0405. The Labute approximate surface area is 141 Å². The lowest BCUT2D eigenvalue weighted by Crippen LogP contribution is -2.09. The van der Waals surface area contributed by atoms with Gasteiger partial charge in [0.1, 0.15) is 11.3 Å². The molecule has 0 saturated heterocycles. The number of aryl methyl sites for hydroxylation is 1. The lowest BCUT2D eigenvalue weighted by Gasteiger charge is -2.08. The Bertz CT molecular complexity index is 912. The molecule has 0 fully saturated rings. The fourth-order valence-corrected chi connectivity index (χ4v) is 2.11. The van der Waals surface area contributed by atoms with Crippen molar-refractivity contribution in [3.63, 3.8) is 0 Å². The molecule has 25 heavy (non-hydrogen) atoms. The number of aromatic nitrogens is 2. The highest BCUT2D eigenvalue weighted by atomic mass is 16.6. The zero-order valence-electron chi connectivity index (χ0n) is 13.3. The zero-order chi connectivity index (χ0) is 18.0. The van der Waals surface area contributed by atoms with E-state index in [4.69, 9.17) is 13.6 Å². The third kappa shape index (κ3) is 3.39. The number of nitrogens with zero attached hydrogens (tertiary/aromatic N) is 3. The maximum absolute atomic E-state index is 12.1. The van der Waals surface area contributed by atoms with E-state index in [2.05, 4.69) is 10.2 Å². The molecule has 0 aliphatic rings. The second-order valence-corrected chi connectivity index (χ2v) is 5.19. The van der Waals surface area contributed by atoms with Gasteiger partial charge in [0.25, 0.3) is 11.6 Å². The predicted octanol–water partition coefficient (Wildman–Crippen LogP) is 3.46. The molecule has 1 unspecified atom stereocenters. The van der Waals surface area contributed by atoms with Crippen LogP contribution in [0.5, 0.6) is 0 Å². The fourth-order valence-electron chi connectivity index (χ4n) is 2.11. The monoisotopic (exact) mass is 343 g/mol. The van der Waals surface area contributed by atoms with Crippen molar-refractivity contribution in [1.29, 1.82) is 0 Å². The molecule has 1 atom stereocenters. The number of nitro groups is 1. The van der Waals surface area contributed by atoms with Crippen LogP contribution in [0.1, 0.15) is 35.0 Å². The molecular formula is C16H13N3O6. The average molecular weight is 343 g/mol. The van der Waals surface area contributed by atoms with Gasteiger partial charge in [-0.15, -0.1) is 10.2 Å². The Balaban J connectivity index is 1.73. The number of ether oxygens (including phenoxy) is 1. The van der Waals surface area contributed by atoms with Crippen LogP contribution in [-0.4, -0.2) is 21.1 Å². The van der Waals surface area contributed by atoms with Crippen molar-refractivity contribution in [3.05, 3.63) is 63.9 Å². The van der Waals surface area contributed by atoms with E-state index in [9.17, 15) is 14.9 Å². The average Bonchev–Trinajstić information content (AvgIpc) is 3.24. The summed E-state index contributed by atoms with van der Waals surface area (Å²) in [7, 11) is 0. The van der Waals surface area contributed by atoms with Crippen LogP contribution in [0.2, 0.25) is 0 Å². The van der Waals surface area contributed by atoms with Gasteiger partial charge in [0.15, 0.2) is 6.10 Å². The van der Waals surface area contributed by atoms with E-state index in [0.717, 1.165) is 0 Å². The smallest absolute Gasteiger partial charge is 0.342 e. The Hall–Kier alpha value is -3.49. The summed E-state index contributed by atoms with van der Waals surface area (Å²) in [5, 5.41) is 18.4. The molecule has 0 N–H and O–H groups in total. The van der Waals surface area contributed by atoms with Crippen LogP contribution in [-0.2, 0) is 4.74 Å². The largest absolute Gasteiger partial charge is 0.469 e. The molecule has 0 bridgehead atoms. The molecule has 3 rings (SSSR count). The Morgan fingerprint density at radius 3 is 2.56 bits per heavy atom. The van der Waals surface area contributed by atoms with Crippen LogP contribution in [0.4, 0.5) is 5.69 Å². The van der Waals surface area contributed by atoms with E-state index in [0.29, 0.717) is 16.9 Å². The molecule has 0 amide bonds. The van der Waals surface area contributed by atoms with E-state index in [-0.39, 0.29) is 17.5 Å². The fraction of sp³-hybridized carbons (Fsp3) is 0.188. The van der Waals surface area contributed by atoms with Gasteiger partial charge in [-0.2, -0.15) is 0 Å². The number of hydrogen-bond donors (Lipinski definition) is 0. The van der Waals surface area contributed by atoms with Crippen molar-refractivity contribution in [2.24, 2.45) is 0 Å². The predicted molar refractivity (Wildman–Crippen MR) is 83.7 cm³/mol. The van der Waals surface area contributed by atoms with Crippen molar-refractivity contribution < 1.29 is 23.3 Å². The van der Waals surface area contributed by atoms with Crippen molar-refractivity contribution in [2.45, 2.75) is 20.0 Å². The number of esters is 1. The third-order valence-electron chi connectivity index (χ3n) is 3.48. The zero-order valence-corrected chi connectivity index (χ0v) is 13.3. The van der Waals surface area contributed by atoms with Crippen LogP contribution in [0, 0.1) is 17.0 Å². The van der Waals surface area contributed by atoms with Crippen LogP contribution >= 0.6 is 0 Å². The normalized spacial score (nSPS) is 11.9. The molecule has 0 aliphatic carbocycles. The molecule has 2 heterocycles. The molecule has 128 valence electrons. The maximum atomic E-state index is 12.1. The maximum Gasteiger partial charge on any atom is 0.342 e. The molecule has 0 saturated carbocycles.